The van der Waals surface area contributed by atoms with Crippen LogP contribution < -0.4 is 9.64 Å². The van der Waals surface area contributed by atoms with E-state index in [-0.39, 0.29) is 0 Å². The van der Waals surface area contributed by atoms with Gasteiger partial charge in [-0.15, -0.1) is 0 Å². The van der Waals surface area contributed by atoms with Gasteiger partial charge in [0.25, 0.3) is 0 Å². The molecule has 4 heteroatoms. The summed E-state index contributed by atoms with van der Waals surface area (Å²) < 4.78 is 5.77. The van der Waals surface area contributed by atoms with Crippen LogP contribution in [0.3, 0.4) is 0 Å². The molecule has 0 atom stereocenters. The van der Waals surface area contributed by atoms with Gasteiger partial charge in [-0.05, 0) is 12.1 Å². The normalized spacial score (nSPS) is 16.4. The number of hydrogen-bond acceptors (Lipinski definition) is 4. The molecule has 2 rings (SSSR count). The number of ether oxygens (including phenoxy) is 1. The predicted octanol–water partition coefficient (Wildman–Crippen LogP) is 1.80. The maximum atomic E-state index is 11.1. The summed E-state index contributed by atoms with van der Waals surface area (Å²) in [6, 6.07) is 8.08. The van der Waals surface area contributed by atoms with Gasteiger partial charge < -0.3 is 9.64 Å². The Balaban J connectivity index is 1.76. The number of piperidine rings is 1. The van der Waals surface area contributed by atoms with E-state index in [1.54, 1.807) is 0 Å². The van der Waals surface area contributed by atoms with Gasteiger partial charge in [0.2, 0.25) is 0 Å². The molecule has 0 radical (unpaired) electrons. The van der Waals surface area contributed by atoms with Gasteiger partial charge in [0.1, 0.15) is 18.1 Å². The van der Waals surface area contributed by atoms with Crippen LogP contribution in [0.2, 0.25) is 0 Å². The van der Waals surface area contributed by atoms with Gasteiger partial charge in [-0.2, -0.15) is 0 Å². The predicted molar refractivity (Wildman–Crippen MR) is 76.9 cm³/mol. The molecule has 0 spiro atoms. The minimum absolute atomic E-state index is 0.385. The van der Waals surface area contributed by atoms with Gasteiger partial charge >= 0.3 is 0 Å². The zero-order chi connectivity index (χ0) is 13.7. The summed E-state index contributed by atoms with van der Waals surface area (Å²) in [7, 11) is 4.04. The maximum absolute atomic E-state index is 11.1. The monoisotopic (exact) mass is 262 g/mol. The van der Waals surface area contributed by atoms with Crippen LogP contribution >= 0.6 is 0 Å². The van der Waals surface area contributed by atoms with Crippen molar-refractivity contribution < 1.29 is 9.53 Å². The number of rotatable bonds is 5. The zero-order valence-electron chi connectivity index (χ0n) is 11.8. The van der Waals surface area contributed by atoms with Crippen LogP contribution in [0.5, 0.6) is 5.75 Å². The fraction of sp³-hybridized carbons (Fsp3) is 0.533. The maximum Gasteiger partial charge on any atom is 0.135 e. The highest BCUT2D eigenvalue weighted by Crippen LogP contribution is 2.19. The minimum atomic E-state index is 0.385. The lowest BCUT2D eigenvalue weighted by Gasteiger charge is -2.25. The number of nitrogens with zero attached hydrogens (tertiary/aromatic N) is 2. The van der Waals surface area contributed by atoms with Crippen molar-refractivity contribution in [3.63, 3.8) is 0 Å². The summed E-state index contributed by atoms with van der Waals surface area (Å²) in [5.74, 6) is 1.29. The molecule has 0 aliphatic carbocycles. The van der Waals surface area contributed by atoms with Crippen LogP contribution in [0.15, 0.2) is 24.3 Å². The van der Waals surface area contributed by atoms with Crippen molar-refractivity contribution >= 4 is 11.5 Å². The van der Waals surface area contributed by atoms with Crippen LogP contribution in [0.25, 0.3) is 0 Å². The molecule has 1 aromatic rings. The first-order chi connectivity index (χ1) is 9.15. The van der Waals surface area contributed by atoms with E-state index in [9.17, 15) is 4.79 Å². The number of ketones is 1. The number of carbonyl (C=O) groups is 1. The molecule has 1 fully saturated rings. The third-order valence-electron chi connectivity index (χ3n) is 3.42. The van der Waals surface area contributed by atoms with E-state index in [0.29, 0.717) is 25.2 Å². The highest BCUT2D eigenvalue weighted by molar-refractivity contribution is 5.79. The van der Waals surface area contributed by atoms with E-state index in [1.807, 2.05) is 32.3 Å². The first-order valence-electron chi connectivity index (χ1n) is 6.79. The van der Waals surface area contributed by atoms with Crippen LogP contribution in [0, 0.1) is 0 Å². The average molecular weight is 262 g/mol. The van der Waals surface area contributed by atoms with E-state index in [1.165, 1.54) is 0 Å². The van der Waals surface area contributed by atoms with Crippen molar-refractivity contribution in [1.82, 2.24) is 4.90 Å². The third-order valence-corrected chi connectivity index (χ3v) is 3.42. The zero-order valence-corrected chi connectivity index (χ0v) is 11.8. The second-order valence-electron chi connectivity index (χ2n) is 5.12. The van der Waals surface area contributed by atoms with Crippen LogP contribution in [0.1, 0.15) is 12.8 Å². The number of anilines is 1. The Hall–Kier alpha value is -1.55. The fourth-order valence-electron chi connectivity index (χ4n) is 2.17. The molecule has 1 aliphatic rings. The van der Waals surface area contributed by atoms with Gasteiger partial charge in [-0.1, -0.05) is 6.07 Å². The molecule has 1 heterocycles. The standard InChI is InChI=1S/C15H22N2O2/c1-16(2)13-4-3-5-15(12-13)19-11-10-17-8-6-14(18)7-9-17/h3-5,12H,6-11H2,1-2H3. The fourth-order valence-corrected chi connectivity index (χ4v) is 2.17. The molecule has 0 bridgehead atoms. The van der Waals surface area contributed by atoms with E-state index >= 15 is 0 Å². The summed E-state index contributed by atoms with van der Waals surface area (Å²) in [5, 5.41) is 0. The first kappa shape index (κ1) is 13.9. The number of benzene rings is 1. The van der Waals surface area contributed by atoms with Crippen molar-refractivity contribution in [3.8, 4) is 5.75 Å². The highest BCUT2D eigenvalue weighted by Gasteiger charge is 2.15. The summed E-state index contributed by atoms with van der Waals surface area (Å²) in [6.07, 6.45) is 1.38. The van der Waals surface area contributed by atoms with E-state index < -0.39 is 0 Å². The van der Waals surface area contributed by atoms with E-state index in [0.717, 1.165) is 31.1 Å². The van der Waals surface area contributed by atoms with Crippen LogP contribution in [0.4, 0.5) is 5.69 Å². The summed E-state index contributed by atoms with van der Waals surface area (Å²) >= 11 is 0. The van der Waals surface area contributed by atoms with E-state index in [4.69, 9.17) is 4.74 Å². The lowest BCUT2D eigenvalue weighted by Crippen LogP contribution is -2.36. The van der Waals surface area contributed by atoms with Crippen LogP contribution in [-0.2, 0) is 4.79 Å². The molecular formula is C15H22N2O2. The Morgan fingerprint density at radius 2 is 2.00 bits per heavy atom. The van der Waals surface area contributed by atoms with Crippen LogP contribution in [-0.4, -0.2) is 51.0 Å². The molecule has 0 unspecified atom stereocenters. The van der Waals surface area contributed by atoms with Crippen molar-refractivity contribution in [3.05, 3.63) is 24.3 Å². The van der Waals surface area contributed by atoms with Gasteiger partial charge in [0, 0.05) is 58.3 Å². The van der Waals surface area contributed by atoms with Gasteiger partial charge in [-0.3, -0.25) is 9.69 Å². The molecule has 0 saturated carbocycles. The lowest BCUT2D eigenvalue weighted by molar-refractivity contribution is -0.121. The average Bonchev–Trinajstić information content (AvgIpc) is 2.41. The van der Waals surface area contributed by atoms with E-state index in [2.05, 4.69) is 15.9 Å². The van der Waals surface area contributed by atoms with Crippen molar-refractivity contribution in [1.29, 1.82) is 0 Å². The Bertz CT molecular complexity index is 422. The second-order valence-corrected chi connectivity index (χ2v) is 5.12. The molecule has 1 aromatic carbocycles. The Labute approximate surface area is 115 Å². The molecule has 0 aromatic heterocycles. The molecule has 0 amide bonds. The number of carbonyl (C=O) groups excluding carboxylic acids is 1. The van der Waals surface area contributed by atoms with Gasteiger partial charge in [0.05, 0.1) is 0 Å². The topological polar surface area (TPSA) is 32.8 Å². The minimum Gasteiger partial charge on any atom is -0.492 e. The Kier molecular flexibility index (Phi) is 4.80. The van der Waals surface area contributed by atoms with Crippen molar-refractivity contribution in [2.45, 2.75) is 12.8 Å². The molecular weight excluding hydrogens is 240 g/mol. The number of Topliss-reactive ketones (excluding diaryl/α,β-unsaturated/α-hetero) is 1. The molecule has 4 nitrogen and oxygen atoms in total. The molecule has 0 N–H and O–H groups in total. The Morgan fingerprint density at radius 1 is 1.26 bits per heavy atom. The molecule has 19 heavy (non-hydrogen) atoms. The molecule has 1 saturated heterocycles. The molecule has 104 valence electrons. The lowest BCUT2D eigenvalue weighted by atomic mass is 10.1. The SMILES string of the molecule is CN(C)c1cccc(OCCN2CCC(=O)CC2)c1. The Morgan fingerprint density at radius 3 is 2.68 bits per heavy atom. The van der Waals surface area contributed by atoms with Crippen molar-refractivity contribution in [2.24, 2.45) is 0 Å². The quantitative estimate of drug-likeness (QED) is 0.810. The smallest absolute Gasteiger partial charge is 0.135 e. The first-order valence-corrected chi connectivity index (χ1v) is 6.79. The number of hydrogen-bond donors (Lipinski definition) is 0. The van der Waals surface area contributed by atoms with Gasteiger partial charge in [0.15, 0.2) is 0 Å². The largest absolute Gasteiger partial charge is 0.492 e. The summed E-state index contributed by atoms with van der Waals surface area (Å²) in [6.45, 7) is 3.31. The second kappa shape index (κ2) is 6.57. The van der Waals surface area contributed by atoms with Crippen molar-refractivity contribution in [2.75, 3.05) is 45.2 Å². The molecule has 1 aliphatic heterocycles. The summed E-state index contributed by atoms with van der Waals surface area (Å²) in [5.41, 5.74) is 1.14. The third kappa shape index (κ3) is 4.24. The summed E-state index contributed by atoms with van der Waals surface area (Å²) in [4.78, 5) is 15.5. The van der Waals surface area contributed by atoms with Gasteiger partial charge in [-0.25, -0.2) is 0 Å². The highest BCUT2D eigenvalue weighted by atomic mass is 16.5. The number of likely N-dealkylation sites (tertiary alicyclic amines) is 1.